The number of nitrogens with two attached hydrogens (primary N) is 1. The van der Waals surface area contributed by atoms with Gasteiger partial charge in [0, 0.05) is 36.4 Å². The van der Waals surface area contributed by atoms with Crippen molar-refractivity contribution < 1.29 is 4.92 Å². The Morgan fingerprint density at radius 1 is 1.36 bits per heavy atom. The Labute approximate surface area is 142 Å². The van der Waals surface area contributed by atoms with Gasteiger partial charge in [-0.1, -0.05) is 6.08 Å². The van der Waals surface area contributed by atoms with Gasteiger partial charge in [0.05, 0.1) is 4.92 Å². The smallest absolute Gasteiger partial charge is 0.329 e. The summed E-state index contributed by atoms with van der Waals surface area (Å²) in [6.07, 6.45) is 7.81. The van der Waals surface area contributed by atoms with Crippen molar-refractivity contribution in [2.75, 3.05) is 23.7 Å². The van der Waals surface area contributed by atoms with Crippen molar-refractivity contribution in [1.29, 1.82) is 0 Å². The van der Waals surface area contributed by atoms with Crippen molar-refractivity contribution in [2.45, 2.75) is 6.42 Å². The van der Waals surface area contributed by atoms with E-state index in [0.29, 0.717) is 19.0 Å². The van der Waals surface area contributed by atoms with Gasteiger partial charge in [-0.3, -0.25) is 10.1 Å². The molecule has 0 amide bonds. The lowest BCUT2D eigenvalue weighted by Crippen LogP contribution is -2.30. The van der Waals surface area contributed by atoms with Crippen molar-refractivity contribution in [3.05, 3.63) is 52.5 Å². The molecular weight excluding hydrogens is 322 g/mol. The SMILES string of the molecule is Nc1nc(N2CC=C(c3c[nH]c4ncccc34)CC2)ncc1[N+](=O)[O-]. The van der Waals surface area contributed by atoms with E-state index in [1.807, 2.05) is 23.2 Å². The highest BCUT2D eigenvalue weighted by Crippen LogP contribution is 2.29. The number of hydrogen-bond acceptors (Lipinski definition) is 7. The van der Waals surface area contributed by atoms with Crippen LogP contribution in [0.5, 0.6) is 0 Å². The Balaban J connectivity index is 1.58. The molecule has 3 N–H and O–H groups in total. The summed E-state index contributed by atoms with van der Waals surface area (Å²) in [7, 11) is 0. The highest BCUT2D eigenvalue weighted by atomic mass is 16.6. The number of hydrogen-bond donors (Lipinski definition) is 2. The van der Waals surface area contributed by atoms with E-state index in [0.717, 1.165) is 29.2 Å². The van der Waals surface area contributed by atoms with Crippen LogP contribution in [0.25, 0.3) is 16.6 Å². The summed E-state index contributed by atoms with van der Waals surface area (Å²) < 4.78 is 0. The van der Waals surface area contributed by atoms with Gasteiger partial charge in [0.15, 0.2) is 0 Å². The maximum Gasteiger partial charge on any atom is 0.329 e. The number of H-pyrrole nitrogens is 1. The predicted molar refractivity (Wildman–Crippen MR) is 94.0 cm³/mol. The molecule has 0 spiro atoms. The Bertz CT molecular complexity index is 995. The van der Waals surface area contributed by atoms with E-state index in [2.05, 4.69) is 26.0 Å². The molecule has 3 aromatic rings. The lowest BCUT2D eigenvalue weighted by Gasteiger charge is -2.26. The summed E-state index contributed by atoms with van der Waals surface area (Å²) >= 11 is 0. The van der Waals surface area contributed by atoms with Gasteiger partial charge in [-0.15, -0.1) is 0 Å². The number of pyridine rings is 1. The molecule has 0 fully saturated rings. The summed E-state index contributed by atoms with van der Waals surface area (Å²) in [5, 5.41) is 11.9. The van der Waals surface area contributed by atoms with Crippen LogP contribution in [0.4, 0.5) is 17.5 Å². The maximum atomic E-state index is 10.8. The number of nitrogens with one attached hydrogen (secondary N) is 1. The average molecular weight is 337 g/mol. The van der Waals surface area contributed by atoms with Crippen molar-refractivity contribution in [2.24, 2.45) is 0 Å². The van der Waals surface area contributed by atoms with Crippen molar-refractivity contribution in [3.63, 3.8) is 0 Å². The van der Waals surface area contributed by atoms with Crippen LogP contribution in [0.3, 0.4) is 0 Å². The first-order valence-corrected chi connectivity index (χ1v) is 7.77. The summed E-state index contributed by atoms with van der Waals surface area (Å²) in [5.74, 6) is 0.284. The second kappa shape index (κ2) is 5.86. The predicted octanol–water partition coefficient (Wildman–Crippen LogP) is 2.14. The average Bonchev–Trinajstić information content (AvgIpc) is 3.05. The van der Waals surface area contributed by atoms with Gasteiger partial charge < -0.3 is 15.6 Å². The number of aromatic nitrogens is 4. The lowest BCUT2D eigenvalue weighted by molar-refractivity contribution is -0.384. The van der Waals surface area contributed by atoms with Crippen LogP contribution < -0.4 is 10.6 Å². The zero-order valence-corrected chi connectivity index (χ0v) is 13.2. The van der Waals surface area contributed by atoms with E-state index >= 15 is 0 Å². The molecule has 1 aliphatic rings. The summed E-state index contributed by atoms with van der Waals surface area (Å²) in [6.45, 7) is 1.32. The van der Waals surface area contributed by atoms with E-state index in [1.165, 1.54) is 5.57 Å². The van der Waals surface area contributed by atoms with Gasteiger partial charge >= 0.3 is 5.69 Å². The highest BCUT2D eigenvalue weighted by Gasteiger charge is 2.20. The van der Waals surface area contributed by atoms with Gasteiger partial charge in [-0.25, -0.2) is 9.97 Å². The number of nitro groups is 1. The molecule has 0 saturated carbocycles. The number of fused-ring (bicyclic) bond motifs is 1. The Morgan fingerprint density at radius 2 is 2.24 bits per heavy atom. The molecule has 9 heteroatoms. The quantitative estimate of drug-likeness (QED) is 0.553. The van der Waals surface area contributed by atoms with Gasteiger partial charge in [-0.2, -0.15) is 4.98 Å². The molecule has 0 unspecified atom stereocenters. The molecule has 1 aliphatic heterocycles. The third-order valence-electron chi connectivity index (χ3n) is 4.27. The monoisotopic (exact) mass is 337 g/mol. The fourth-order valence-corrected chi connectivity index (χ4v) is 2.99. The molecule has 4 rings (SSSR count). The zero-order valence-electron chi connectivity index (χ0n) is 13.2. The third-order valence-corrected chi connectivity index (χ3v) is 4.27. The van der Waals surface area contributed by atoms with E-state index in [1.54, 1.807) is 6.20 Å². The molecule has 0 saturated heterocycles. The Kier molecular flexibility index (Phi) is 3.53. The number of nitrogen functional groups attached to an aromatic ring is 1. The van der Waals surface area contributed by atoms with Gasteiger partial charge in [-0.05, 0) is 24.1 Å². The molecule has 4 heterocycles. The first-order chi connectivity index (χ1) is 12.1. The first kappa shape index (κ1) is 15.1. The van der Waals surface area contributed by atoms with Crippen LogP contribution in [-0.2, 0) is 0 Å². The highest BCUT2D eigenvalue weighted by molar-refractivity contribution is 5.91. The number of nitrogens with zero attached hydrogens (tertiary/aromatic N) is 5. The fraction of sp³-hybridized carbons (Fsp3) is 0.188. The van der Waals surface area contributed by atoms with Crippen LogP contribution >= 0.6 is 0 Å². The first-order valence-electron chi connectivity index (χ1n) is 7.77. The van der Waals surface area contributed by atoms with E-state index in [4.69, 9.17) is 5.73 Å². The molecule has 25 heavy (non-hydrogen) atoms. The minimum absolute atomic E-state index is 0.118. The molecular formula is C16H15N7O2. The Morgan fingerprint density at radius 3 is 2.96 bits per heavy atom. The van der Waals surface area contributed by atoms with E-state index in [-0.39, 0.29) is 11.5 Å². The normalized spacial score (nSPS) is 14.6. The fourth-order valence-electron chi connectivity index (χ4n) is 2.99. The van der Waals surface area contributed by atoms with E-state index < -0.39 is 4.92 Å². The third kappa shape index (κ3) is 2.65. The van der Waals surface area contributed by atoms with Gasteiger partial charge in [0.2, 0.25) is 11.8 Å². The molecule has 126 valence electrons. The summed E-state index contributed by atoms with van der Waals surface area (Å²) in [4.78, 5) is 27.8. The van der Waals surface area contributed by atoms with Gasteiger partial charge in [0.1, 0.15) is 11.8 Å². The van der Waals surface area contributed by atoms with Crippen LogP contribution in [0, 0.1) is 10.1 Å². The molecule has 9 nitrogen and oxygen atoms in total. The minimum Gasteiger partial charge on any atom is -0.378 e. The molecule has 0 aliphatic carbocycles. The molecule has 0 aromatic carbocycles. The molecule has 0 radical (unpaired) electrons. The summed E-state index contributed by atoms with van der Waals surface area (Å²) in [5.41, 5.74) is 8.62. The summed E-state index contributed by atoms with van der Waals surface area (Å²) in [6, 6.07) is 3.96. The second-order valence-corrected chi connectivity index (χ2v) is 5.72. The topological polar surface area (TPSA) is 127 Å². The lowest BCUT2D eigenvalue weighted by atomic mass is 10.00. The standard InChI is InChI=1S/C16H15N7O2/c17-14-13(23(24)25)9-20-16(21-14)22-6-3-10(4-7-22)12-8-19-15-11(12)2-1-5-18-15/h1-3,5,8-9H,4,6-7H2,(H,18,19)(H2,17,20,21). The zero-order chi connectivity index (χ0) is 17.4. The van der Waals surface area contributed by atoms with Gasteiger partial charge in [0.25, 0.3) is 0 Å². The largest absolute Gasteiger partial charge is 0.378 e. The number of rotatable bonds is 3. The van der Waals surface area contributed by atoms with Crippen LogP contribution in [0.2, 0.25) is 0 Å². The molecule has 3 aromatic heterocycles. The maximum absolute atomic E-state index is 10.8. The Hall–Kier alpha value is -3.49. The van der Waals surface area contributed by atoms with Crippen molar-refractivity contribution >= 4 is 34.1 Å². The van der Waals surface area contributed by atoms with Crippen molar-refractivity contribution in [1.82, 2.24) is 19.9 Å². The van der Waals surface area contributed by atoms with E-state index in [9.17, 15) is 10.1 Å². The number of aromatic amines is 1. The van der Waals surface area contributed by atoms with Crippen LogP contribution in [0.1, 0.15) is 12.0 Å². The van der Waals surface area contributed by atoms with Crippen molar-refractivity contribution in [3.8, 4) is 0 Å². The van der Waals surface area contributed by atoms with Crippen LogP contribution in [0.15, 0.2) is 36.8 Å². The van der Waals surface area contributed by atoms with Crippen LogP contribution in [-0.4, -0.2) is 37.9 Å². The number of anilines is 2. The molecule has 0 bridgehead atoms. The second-order valence-electron chi connectivity index (χ2n) is 5.72. The minimum atomic E-state index is -0.585. The molecule has 0 atom stereocenters.